The Morgan fingerprint density at radius 1 is 1.33 bits per heavy atom. The van der Waals surface area contributed by atoms with Gasteiger partial charge in [0.15, 0.2) is 0 Å². The highest BCUT2D eigenvalue weighted by atomic mass is 16.2. The summed E-state index contributed by atoms with van der Waals surface area (Å²) in [4.78, 5) is 16.1. The Labute approximate surface area is 92.4 Å². The first-order valence-electron chi connectivity index (χ1n) is 5.97. The van der Waals surface area contributed by atoms with E-state index >= 15 is 0 Å². The van der Waals surface area contributed by atoms with Crippen molar-refractivity contribution < 1.29 is 4.79 Å². The van der Waals surface area contributed by atoms with Crippen LogP contribution in [0, 0.1) is 5.41 Å². The maximum absolute atomic E-state index is 11.5. The van der Waals surface area contributed by atoms with Gasteiger partial charge in [-0.3, -0.25) is 9.69 Å². The second-order valence-corrected chi connectivity index (χ2v) is 6.08. The Morgan fingerprint density at radius 3 is 2.73 bits per heavy atom. The maximum Gasteiger partial charge on any atom is 0.222 e. The SMILES string of the molecule is CC(C)(C)CN1CCN2C(=O)CCC2C1. The smallest absolute Gasteiger partial charge is 0.222 e. The third-order valence-corrected chi connectivity index (χ3v) is 3.28. The fourth-order valence-electron chi connectivity index (χ4n) is 2.74. The van der Waals surface area contributed by atoms with E-state index in [-0.39, 0.29) is 0 Å². The third kappa shape index (κ3) is 2.51. The lowest BCUT2D eigenvalue weighted by molar-refractivity contribution is -0.130. The van der Waals surface area contributed by atoms with Crippen molar-refractivity contribution in [3.8, 4) is 0 Å². The molecular formula is C12H22N2O. The predicted octanol–water partition coefficient (Wildman–Crippen LogP) is 1.34. The minimum absolute atomic E-state index is 0.366. The zero-order valence-corrected chi connectivity index (χ0v) is 10.1. The summed E-state index contributed by atoms with van der Waals surface area (Å²) < 4.78 is 0. The van der Waals surface area contributed by atoms with Crippen molar-refractivity contribution in [3.05, 3.63) is 0 Å². The molecule has 2 aliphatic heterocycles. The topological polar surface area (TPSA) is 23.6 Å². The molecule has 3 nitrogen and oxygen atoms in total. The van der Waals surface area contributed by atoms with Gasteiger partial charge in [-0.1, -0.05) is 20.8 Å². The Bertz CT molecular complexity index is 257. The molecule has 0 aromatic heterocycles. The van der Waals surface area contributed by atoms with Gasteiger partial charge in [-0.05, 0) is 11.8 Å². The zero-order valence-electron chi connectivity index (χ0n) is 10.1. The van der Waals surface area contributed by atoms with Gasteiger partial charge in [-0.2, -0.15) is 0 Å². The molecule has 2 rings (SSSR count). The molecule has 0 bridgehead atoms. The van der Waals surface area contributed by atoms with Crippen LogP contribution in [-0.4, -0.2) is 47.9 Å². The lowest BCUT2D eigenvalue weighted by atomic mass is 9.95. The van der Waals surface area contributed by atoms with Gasteiger partial charge in [0.25, 0.3) is 0 Å². The molecule has 0 aromatic rings. The Kier molecular flexibility index (Phi) is 2.75. The molecule has 1 atom stereocenters. The highest BCUT2D eigenvalue weighted by Gasteiger charge is 2.36. The van der Waals surface area contributed by atoms with Gasteiger partial charge in [-0.15, -0.1) is 0 Å². The van der Waals surface area contributed by atoms with E-state index in [1.165, 1.54) is 0 Å². The number of fused-ring (bicyclic) bond motifs is 1. The van der Waals surface area contributed by atoms with Crippen molar-refractivity contribution in [1.82, 2.24) is 9.80 Å². The van der Waals surface area contributed by atoms with E-state index in [0.717, 1.165) is 39.0 Å². The quantitative estimate of drug-likeness (QED) is 0.652. The van der Waals surface area contributed by atoms with Crippen LogP contribution in [0.2, 0.25) is 0 Å². The van der Waals surface area contributed by atoms with E-state index < -0.39 is 0 Å². The Balaban J connectivity index is 1.91. The van der Waals surface area contributed by atoms with Crippen LogP contribution in [0.5, 0.6) is 0 Å². The predicted molar refractivity (Wildman–Crippen MR) is 60.6 cm³/mol. The number of rotatable bonds is 1. The third-order valence-electron chi connectivity index (χ3n) is 3.28. The Hall–Kier alpha value is -0.570. The summed E-state index contributed by atoms with van der Waals surface area (Å²) in [5.74, 6) is 0.371. The van der Waals surface area contributed by atoms with Crippen LogP contribution in [0.15, 0.2) is 0 Å². The first kappa shape index (κ1) is 10.9. The largest absolute Gasteiger partial charge is 0.337 e. The molecule has 0 saturated carbocycles. The fraction of sp³-hybridized carbons (Fsp3) is 0.917. The van der Waals surface area contributed by atoms with Crippen LogP contribution >= 0.6 is 0 Å². The zero-order chi connectivity index (χ0) is 11.1. The maximum atomic E-state index is 11.5. The lowest BCUT2D eigenvalue weighted by Gasteiger charge is -2.40. The Morgan fingerprint density at radius 2 is 2.07 bits per heavy atom. The molecule has 2 fully saturated rings. The first-order valence-corrected chi connectivity index (χ1v) is 5.97. The molecule has 0 aliphatic carbocycles. The van der Waals surface area contributed by atoms with Gasteiger partial charge >= 0.3 is 0 Å². The molecule has 86 valence electrons. The number of carbonyl (C=O) groups excluding carboxylic acids is 1. The average Bonchev–Trinajstić information content (AvgIpc) is 2.45. The summed E-state index contributed by atoms with van der Waals surface area (Å²) in [5, 5.41) is 0. The summed E-state index contributed by atoms with van der Waals surface area (Å²) in [5.41, 5.74) is 0.366. The first-order chi connectivity index (χ1) is 6.96. The number of nitrogens with zero attached hydrogens (tertiary/aromatic N) is 2. The summed E-state index contributed by atoms with van der Waals surface area (Å²) in [7, 11) is 0. The molecule has 2 saturated heterocycles. The van der Waals surface area contributed by atoms with E-state index in [1.807, 2.05) is 0 Å². The van der Waals surface area contributed by atoms with E-state index in [0.29, 0.717) is 17.4 Å². The summed E-state index contributed by atoms with van der Waals surface area (Å²) >= 11 is 0. The summed E-state index contributed by atoms with van der Waals surface area (Å²) in [6.07, 6.45) is 1.84. The van der Waals surface area contributed by atoms with Crippen LogP contribution in [0.25, 0.3) is 0 Å². The molecule has 0 radical (unpaired) electrons. The van der Waals surface area contributed by atoms with Crippen LogP contribution in [0.4, 0.5) is 0 Å². The molecule has 2 heterocycles. The van der Waals surface area contributed by atoms with Gasteiger partial charge in [0.2, 0.25) is 5.91 Å². The second-order valence-electron chi connectivity index (χ2n) is 6.08. The fourth-order valence-corrected chi connectivity index (χ4v) is 2.74. The van der Waals surface area contributed by atoms with Gasteiger partial charge in [0, 0.05) is 38.6 Å². The van der Waals surface area contributed by atoms with Crippen molar-refractivity contribution >= 4 is 5.91 Å². The normalized spacial score (nSPS) is 28.3. The molecule has 2 aliphatic rings. The van der Waals surface area contributed by atoms with Crippen molar-refractivity contribution in [2.75, 3.05) is 26.2 Å². The van der Waals surface area contributed by atoms with Gasteiger partial charge in [0.05, 0.1) is 0 Å². The van der Waals surface area contributed by atoms with E-state index in [1.54, 1.807) is 0 Å². The van der Waals surface area contributed by atoms with Gasteiger partial charge in [0.1, 0.15) is 0 Å². The van der Waals surface area contributed by atoms with Crippen molar-refractivity contribution in [2.24, 2.45) is 5.41 Å². The average molecular weight is 210 g/mol. The molecule has 1 unspecified atom stereocenters. The molecule has 0 N–H and O–H groups in total. The van der Waals surface area contributed by atoms with Crippen molar-refractivity contribution in [1.29, 1.82) is 0 Å². The molecule has 15 heavy (non-hydrogen) atoms. The number of piperazine rings is 1. The standard InChI is InChI=1S/C12H22N2O/c1-12(2,3)9-13-6-7-14-10(8-13)4-5-11(14)15/h10H,4-9H2,1-3H3. The monoisotopic (exact) mass is 210 g/mol. The van der Waals surface area contributed by atoms with E-state index in [2.05, 4.69) is 30.6 Å². The van der Waals surface area contributed by atoms with Crippen LogP contribution in [0.1, 0.15) is 33.6 Å². The second kappa shape index (κ2) is 3.78. The molecule has 1 amide bonds. The minimum Gasteiger partial charge on any atom is -0.337 e. The van der Waals surface area contributed by atoms with E-state index in [4.69, 9.17) is 0 Å². The molecule has 3 heteroatoms. The number of hydrogen-bond acceptors (Lipinski definition) is 2. The van der Waals surface area contributed by atoms with Gasteiger partial charge < -0.3 is 4.90 Å². The van der Waals surface area contributed by atoms with Crippen LogP contribution in [0.3, 0.4) is 0 Å². The minimum atomic E-state index is 0.366. The van der Waals surface area contributed by atoms with Gasteiger partial charge in [-0.25, -0.2) is 0 Å². The molecule has 0 aromatic carbocycles. The number of amides is 1. The number of carbonyl (C=O) groups is 1. The molecule has 0 spiro atoms. The summed E-state index contributed by atoms with van der Waals surface area (Å²) in [6, 6.07) is 0.508. The lowest BCUT2D eigenvalue weighted by Crippen LogP contribution is -2.52. The van der Waals surface area contributed by atoms with E-state index in [9.17, 15) is 4.79 Å². The molecular weight excluding hydrogens is 188 g/mol. The summed E-state index contributed by atoms with van der Waals surface area (Å²) in [6.45, 7) is 11.1. The van der Waals surface area contributed by atoms with Crippen molar-refractivity contribution in [3.63, 3.8) is 0 Å². The van der Waals surface area contributed by atoms with Crippen LogP contribution < -0.4 is 0 Å². The van der Waals surface area contributed by atoms with Crippen LogP contribution in [-0.2, 0) is 4.79 Å². The highest BCUT2D eigenvalue weighted by molar-refractivity contribution is 5.78. The number of hydrogen-bond donors (Lipinski definition) is 0. The highest BCUT2D eigenvalue weighted by Crippen LogP contribution is 2.25. The van der Waals surface area contributed by atoms with Crippen molar-refractivity contribution in [2.45, 2.75) is 39.7 Å².